The minimum Gasteiger partial charge on any atom is -0.278 e. The molecule has 0 saturated carbocycles. The summed E-state index contributed by atoms with van der Waals surface area (Å²) in [5.41, 5.74) is 2.17. The van der Waals surface area contributed by atoms with E-state index in [1.54, 1.807) is 6.20 Å². The van der Waals surface area contributed by atoms with Gasteiger partial charge >= 0.3 is 0 Å². The third-order valence-electron chi connectivity index (χ3n) is 3.19. The van der Waals surface area contributed by atoms with Crippen molar-refractivity contribution < 1.29 is 8.78 Å². The third kappa shape index (κ3) is 2.38. The number of rotatable bonds is 3. The van der Waals surface area contributed by atoms with Gasteiger partial charge in [0, 0.05) is 18.5 Å². The van der Waals surface area contributed by atoms with E-state index in [0.29, 0.717) is 29.3 Å². The van der Waals surface area contributed by atoms with Gasteiger partial charge in [-0.2, -0.15) is 0 Å². The van der Waals surface area contributed by atoms with Gasteiger partial charge in [-0.1, -0.05) is 6.07 Å². The lowest BCUT2D eigenvalue weighted by Crippen LogP contribution is -2.06. The van der Waals surface area contributed by atoms with E-state index >= 15 is 0 Å². The molecule has 0 amide bonds. The minimum atomic E-state index is -0.921. The van der Waals surface area contributed by atoms with E-state index in [1.807, 2.05) is 13.0 Å². The number of aromatic nitrogens is 3. The second-order valence-corrected chi connectivity index (χ2v) is 5.11. The maximum atomic E-state index is 14.1. The van der Waals surface area contributed by atoms with Gasteiger partial charge < -0.3 is 0 Å². The molecule has 0 aliphatic carbocycles. The highest BCUT2D eigenvalue weighted by Gasteiger charge is 2.18. The first-order chi connectivity index (χ1) is 10.1. The summed E-state index contributed by atoms with van der Waals surface area (Å²) in [5, 5.41) is 0. The highest BCUT2D eigenvalue weighted by molar-refractivity contribution is 6.17. The first-order valence-electron chi connectivity index (χ1n) is 6.46. The van der Waals surface area contributed by atoms with E-state index in [1.165, 1.54) is 16.7 Å². The fourth-order valence-corrected chi connectivity index (χ4v) is 2.45. The molecule has 0 bridgehead atoms. The monoisotopic (exact) mass is 307 g/mol. The fourth-order valence-electron chi connectivity index (χ4n) is 2.28. The number of hydrogen-bond acceptors (Lipinski definition) is 2. The molecule has 0 aliphatic heterocycles. The van der Waals surface area contributed by atoms with Crippen molar-refractivity contribution >= 4 is 22.8 Å². The normalized spacial score (nSPS) is 11.2. The van der Waals surface area contributed by atoms with Crippen LogP contribution in [0, 0.1) is 18.6 Å². The lowest BCUT2D eigenvalue weighted by Gasteiger charge is -2.09. The van der Waals surface area contributed by atoms with Gasteiger partial charge in [0.05, 0.1) is 5.69 Å². The number of benzene rings is 1. The van der Waals surface area contributed by atoms with Crippen LogP contribution < -0.4 is 0 Å². The highest BCUT2D eigenvalue weighted by Crippen LogP contribution is 2.24. The molecule has 2 heterocycles. The second kappa shape index (κ2) is 5.41. The molecule has 3 nitrogen and oxygen atoms in total. The van der Waals surface area contributed by atoms with Crippen LogP contribution in [0.2, 0.25) is 0 Å². The van der Waals surface area contributed by atoms with Crippen molar-refractivity contribution in [3.8, 4) is 5.69 Å². The number of aryl methyl sites for hydroxylation is 2. The number of halogens is 3. The Bertz CT molecular complexity index is 814. The summed E-state index contributed by atoms with van der Waals surface area (Å²) in [6.45, 7) is 1.90. The minimum absolute atomic E-state index is 0.0916. The Hall–Kier alpha value is -2.01. The van der Waals surface area contributed by atoms with Gasteiger partial charge in [-0.15, -0.1) is 11.6 Å². The van der Waals surface area contributed by atoms with Gasteiger partial charge in [0.2, 0.25) is 0 Å². The van der Waals surface area contributed by atoms with Crippen LogP contribution in [-0.4, -0.2) is 20.4 Å². The molecule has 0 radical (unpaired) electrons. The van der Waals surface area contributed by atoms with Crippen molar-refractivity contribution in [2.45, 2.75) is 13.3 Å². The number of hydrogen-bond donors (Lipinski definition) is 0. The lowest BCUT2D eigenvalue weighted by atomic mass is 10.2. The summed E-state index contributed by atoms with van der Waals surface area (Å²) in [6, 6.07) is 5.89. The second-order valence-electron chi connectivity index (χ2n) is 4.73. The van der Waals surface area contributed by atoms with Gasteiger partial charge in [0.25, 0.3) is 0 Å². The van der Waals surface area contributed by atoms with Crippen LogP contribution in [-0.2, 0) is 6.42 Å². The number of nitrogens with zero attached hydrogens (tertiary/aromatic N) is 3. The first-order valence-corrected chi connectivity index (χ1v) is 6.99. The maximum Gasteiger partial charge on any atom is 0.182 e. The Balaban J connectivity index is 2.33. The summed E-state index contributed by atoms with van der Waals surface area (Å²) >= 11 is 5.78. The van der Waals surface area contributed by atoms with Crippen molar-refractivity contribution in [1.82, 2.24) is 14.5 Å². The molecule has 0 N–H and O–H groups in total. The predicted octanol–water partition coefficient (Wildman–Crippen LogP) is 3.79. The van der Waals surface area contributed by atoms with E-state index in [4.69, 9.17) is 11.6 Å². The molecular weight excluding hydrogens is 296 g/mol. The zero-order chi connectivity index (χ0) is 15.0. The average Bonchev–Trinajstić information content (AvgIpc) is 2.79. The van der Waals surface area contributed by atoms with E-state index in [9.17, 15) is 8.78 Å². The average molecular weight is 308 g/mol. The van der Waals surface area contributed by atoms with Crippen molar-refractivity contribution in [3.05, 3.63) is 53.5 Å². The molecule has 1 aromatic carbocycles. The number of imidazole rings is 1. The Morgan fingerprint density at radius 3 is 2.86 bits per heavy atom. The molecule has 0 fully saturated rings. The van der Waals surface area contributed by atoms with Gasteiger partial charge in [0.15, 0.2) is 17.3 Å². The summed E-state index contributed by atoms with van der Waals surface area (Å²) < 4.78 is 29.1. The smallest absolute Gasteiger partial charge is 0.182 e. The maximum absolute atomic E-state index is 14.1. The van der Waals surface area contributed by atoms with Crippen LogP contribution in [0.1, 0.15) is 11.4 Å². The molecule has 0 atom stereocenters. The van der Waals surface area contributed by atoms with E-state index in [0.717, 1.165) is 11.6 Å². The van der Waals surface area contributed by atoms with Crippen molar-refractivity contribution in [2.24, 2.45) is 0 Å². The molecule has 3 aromatic rings. The number of fused-ring (bicyclic) bond motifs is 1. The van der Waals surface area contributed by atoms with Gasteiger partial charge in [-0.05, 0) is 30.7 Å². The summed E-state index contributed by atoms with van der Waals surface area (Å²) in [7, 11) is 0. The fraction of sp³-hybridized carbons (Fsp3) is 0.200. The predicted molar refractivity (Wildman–Crippen MR) is 77.9 cm³/mol. The zero-order valence-corrected chi connectivity index (χ0v) is 12.0. The molecule has 108 valence electrons. The van der Waals surface area contributed by atoms with Crippen LogP contribution in [0.5, 0.6) is 0 Å². The first kappa shape index (κ1) is 13.9. The van der Waals surface area contributed by atoms with E-state index in [-0.39, 0.29) is 5.69 Å². The molecule has 0 saturated heterocycles. The molecule has 0 aliphatic rings. The van der Waals surface area contributed by atoms with Gasteiger partial charge in [-0.3, -0.25) is 4.57 Å². The van der Waals surface area contributed by atoms with E-state index < -0.39 is 11.6 Å². The topological polar surface area (TPSA) is 30.7 Å². The van der Waals surface area contributed by atoms with E-state index in [2.05, 4.69) is 9.97 Å². The Labute approximate surface area is 125 Å². The number of pyridine rings is 1. The van der Waals surface area contributed by atoms with Crippen LogP contribution in [0.3, 0.4) is 0 Å². The van der Waals surface area contributed by atoms with Gasteiger partial charge in [0.1, 0.15) is 11.3 Å². The molecule has 21 heavy (non-hydrogen) atoms. The summed E-state index contributed by atoms with van der Waals surface area (Å²) in [6.07, 6.45) is 2.11. The molecule has 6 heteroatoms. The largest absolute Gasteiger partial charge is 0.278 e. The third-order valence-corrected chi connectivity index (χ3v) is 3.38. The molecule has 3 rings (SSSR count). The molecular formula is C15H12ClF2N3. The highest BCUT2D eigenvalue weighted by atomic mass is 35.5. The molecule has 0 spiro atoms. The summed E-state index contributed by atoms with van der Waals surface area (Å²) in [4.78, 5) is 8.74. The van der Waals surface area contributed by atoms with Crippen molar-refractivity contribution in [3.63, 3.8) is 0 Å². The standard InChI is InChI=1S/C15H12ClF2N3/c1-9-7-11-15(19-8-9)21(13(20-11)5-6-16)12-4-2-3-10(17)14(12)18/h2-4,7-8H,5-6H2,1H3. The SMILES string of the molecule is Cc1cnc2c(c1)nc(CCCl)n2-c1cccc(F)c1F. The van der Waals surface area contributed by atoms with Crippen LogP contribution in [0.25, 0.3) is 16.9 Å². The Morgan fingerprint density at radius 1 is 1.29 bits per heavy atom. The number of alkyl halides is 1. The van der Waals surface area contributed by atoms with Crippen LogP contribution in [0.4, 0.5) is 8.78 Å². The van der Waals surface area contributed by atoms with Crippen LogP contribution >= 0.6 is 11.6 Å². The Morgan fingerprint density at radius 2 is 2.10 bits per heavy atom. The Kier molecular flexibility index (Phi) is 3.59. The van der Waals surface area contributed by atoms with Crippen LogP contribution in [0.15, 0.2) is 30.5 Å². The summed E-state index contributed by atoms with van der Waals surface area (Å²) in [5.74, 6) is -0.935. The molecule has 0 unspecified atom stereocenters. The van der Waals surface area contributed by atoms with Crippen molar-refractivity contribution in [2.75, 3.05) is 5.88 Å². The molecule has 2 aromatic heterocycles. The lowest BCUT2D eigenvalue weighted by molar-refractivity contribution is 0.504. The van der Waals surface area contributed by atoms with Crippen molar-refractivity contribution in [1.29, 1.82) is 0 Å². The zero-order valence-electron chi connectivity index (χ0n) is 11.3. The quantitative estimate of drug-likeness (QED) is 0.689. The van der Waals surface area contributed by atoms with Gasteiger partial charge in [-0.25, -0.2) is 18.7 Å².